The summed E-state index contributed by atoms with van der Waals surface area (Å²) >= 11 is 0. The van der Waals surface area contributed by atoms with Crippen LogP contribution in [0.1, 0.15) is 19.4 Å². The van der Waals surface area contributed by atoms with E-state index in [0.717, 1.165) is 16.5 Å². The van der Waals surface area contributed by atoms with Crippen LogP contribution >= 0.6 is 0 Å². The van der Waals surface area contributed by atoms with Crippen molar-refractivity contribution in [1.82, 2.24) is 15.2 Å². The lowest BCUT2D eigenvalue weighted by Crippen LogP contribution is -2.35. The number of fused-ring (bicyclic) bond motifs is 1. The molecule has 23 heavy (non-hydrogen) atoms. The van der Waals surface area contributed by atoms with E-state index in [1.165, 1.54) is 6.92 Å². The smallest absolute Gasteiger partial charge is 0.305 e. The van der Waals surface area contributed by atoms with Gasteiger partial charge < -0.3 is 14.8 Å². The summed E-state index contributed by atoms with van der Waals surface area (Å²) in [5.41, 5.74) is 4.71. The summed E-state index contributed by atoms with van der Waals surface area (Å²) in [7, 11) is 0. The molecule has 0 aliphatic carbocycles. The van der Waals surface area contributed by atoms with Crippen molar-refractivity contribution in [3.05, 3.63) is 35.2 Å². The molecule has 0 amide bonds. The monoisotopic (exact) mass is 321 g/mol. The summed E-state index contributed by atoms with van der Waals surface area (Å²) in [5, 5.41) is 20.0. The van der Waals surface area contributed by atoms with E-state index in [1.54, 1.807) is 6.20 Å². The minimum Gasteiger partial charge on any atom is -0.569 e. The second-order valence-corrected chi connectivity index (χ2v) is 5.16. The van der Waals surface area contributed by atoms with E-state index < -0.39 is 12.8 Å². The molecule has 0 aliphatic heterocycles. The van der Waals surface area contributed by atoms with Crippen LogP contribution in [0.4, 0.5) is 0 Å². The van der Waals surface area contributed by atoms with Crippen LogP contribution in [0, 0.1) is 12.1 Å². The van der Waals surface area contributed by atoms with E-state index in [2.05, 4.69) is 25.4 Å². The van der Waals surface area contributed by atoms with Gasteiger partial charge in [-0.2, -0.15) is 10.5 Å². The summed E-state index contributed by atoms with van der Waals surface area (Å²) < 4.78 is 6.29. The van der Waals surface area contributed by atoms with Gasteiger partial charge in [0.1, 0.15) is 6.04 Å². The zero-order valence-corrected chi connectivity index (χ0v) is 13.2. The highest BCUT2D eigenvalue weighted by Gasteiger charge is 2.11. The molecule has 0 spiro atoms. The average Bonchev–Trinajstić information content (AvgIpc) is 2.85. The van der Waals surface area contributed by atoms with Gasteiger partial charge in [-0.3, -0.25) is 9.48 Å². The Morgan fingerprint density at radius 3 is 3.09 bits per heavy atom. The molecule has 1 atom stereocenters. The summed E-state index contributed by atoms with van der Waals surface area (Å²) in [5.74, 6) is -0.514. The van der Waals surface area contributed by atoms with Crippen molar-refractivity contribution in [2.45, 2.75) is 33.4 Å². The molecule has 1 N–H and O–H groups in total. The molecule has 1 aromatic carbocycles. The van der Waals surface area contributed by atoms with Crippen molar-refractivity contribution in [3.63, 3.8) is 0 Å². The highest BCUT2D eigenvalue weighted by Crippen LogP contribution is 2.15. The Labute approximate surface area is 133 Å². The molecule has 1 aromatic heterocycles. The van der Waals surface area contributed by atoms with Gasteiger partial charge in [0.15, 0.2) is 0 Å². The number of hydrazine groups is 1. The number of carbonyl (C=O) groups is 1. The van der Waals surface area contributed by atoms with Crippen LogP contribution in [0.5, 0.6) is 0 Å². The predicted octanol–water partition coefficient (Wildman–Crippen LogP) is 1.65. The van der Waals surface area contributed by atoms with Crippen molar-refractivity contribution >= 4 is 16.9 Å². The largest absolute Gasteiger partial charge is 0.569 e. The maximum atomic E-state index is 11.5. The summed E-state index contributed by atoms with van der Waals surface area (Å²) in [6.45, 7) is 5.13. The van der Waals surface area contributed by atoms with Crippen molar-refractivity contribution in [2.75, 3.05) is 6.79 Å². The Bertz CT molecular complexity index is 712. The van der Waals surface area contributed by atoms with Gasteiger partial charge in [-0.1, -0.05) is 12.1 Å². The molecule has 0 unspecified atom stereocenters. The number of carbonyl (C=O) groups excluding carboxylic acids is 1. The van der Waals surface area contributed by atoms with Crippen LogP contribution in [0.15, 0.2) is 29.7 Å². The number of hydrogen-bond donors (Lipinski definition) is 1. The van der Waals surface area contributed by atoms with Gasteiger partial charge in [0.25, 0.3) is 6.79 Å². The third-order valence-corrected chi connectivity index (χ3v) is 3.02. The molecule has 0 saturated carbocycles. The molecule has 1 heterocycles. The average molecular weight is 321 g/mol. The molecule has 2 rings (SSSR count). The van der Waals surface area contributed by atoms with Crippen LogP contribution < -0.4 is 5.43 Å². The van der Waals surface area contributed by atoms with Gasteiger partial charge in [-0.25, -0.2) is 0 Å². The normalized spacial score (nSPS) is 12.9. The lowest BCUT2D eigenvalue weighted by Gasteiger charge is -2.11. The van der Waals surface area contributed by atoms with E-state index in [4.69, 9.17) is 0 Å². The van der Waals surface area contributed by atoms with Crippen molar-refractivity contribution in [3.8, 4) is 0 Å². The topological polar surface area (TPSA) is 104 Å². The number of aryl methyl sites for hydroxylation is 1. The number of ether oxygens (including phenoxy) is 1. The minimum atomic E-state index is -0.514. The fourth-order valence-electron chi connectivity index (χ4n) is 2.02. The van der Waals surface area contributed by atoms with E-state index in [9.17, 15) is 10.0 Å². The Morgan fingerprint density at radius 1 is 1.57 bits per heavy atom. The molecule has 0 fully saturated rings. The molecule has 0 aliphatic rings. The molecule has 9 nitrogen and oxygen atoms in total. The van der Waals surface area contributed by atoms with Crippen molar-refractivity contribution in [2.24, 2.45) is 5.28 Å². The fourth-order valence-corrected chi connectivity index (χ4v) is 2.02. The van der Waals surface area contributed by atoms with Crippen LogP contribution in [0.2, 0.25) is 0 Å². The maximum absolute atomic E-state index is 11.5. The zero-order valence-electron chi connectivity index (χ0n) is 13.2. The fraction of sp³-hybridized carbons (Fsp3) is 0.429. The van der Waals surface area contributed by atoms with E-state index in [0.29, 0.717) is 6.54 Å². The third kappa shape index (κ3) is 4.83. The number of benzene rings is 1. The van der Waals surface area contributed by atoms with Crippen molar-refractivity contribution in [1.29, 1.82) is 0 Å². The van der Waals surface area contributed by atoms with Gasteiger partial charge in [0.05, 0.1) is 23.2 Å². The highest BCUT2D eigenvalue weighted by atomic mass is 16.8. The van der Waals surface area contributed by atoms with Crippen LogP contribution in [-0.2, 0) is 20.9 Å². The summed E-state index contributed by atoms with van der Waals surface area (Å²) in [6, 6.07) is 5.83. The standard InChI is InChI=1S/C14H19N5O4/c1-10-4-5-13-7-15-18(14(13)6-10)8-11(2)16-19(21)17-23-9-22-12(3)20/h4-7,11H,8-9H2,1-3H3,(H,16,17)/t11-/m0/s1. The molecular formula is C14H19N5O4. The Balaban J connectivity index is 1.90. The van der Waals surface area contributed by atoms with Gasteiger partial charge in [0, 0.05) is 12.3 Å². The van der Waals surface area contributed by atoms with E-state index >= 15 is 0 Å². The summed E-state index contributed by atoms with van der Waals surface area (Å²) in [6.07, 6.45) is 1.78. The number of esters is 1. The zero-order chi connectivity index (χ0) is 16.8. The number of aromatic nitrogens is 2. The molecule has 0 saturated heterocycles. The number of nitrogens with one attached hydrogen (secondary N) is 1. The Morgan fingerprint density at radius 2 is 2.35 bits per heavy atom. The number of hydrogen-bond acceptors (Lipinski definition) is 6. The maximum Gasteiger partial charge on any atom is 0.305 e. The molecular weight excluding hydrogens is 302 g/mol. The third-order valence-electron chi connectivity index (χ3n) is 3.02. The first kappa shape index (κ1) is 16.5. The van der Waals surface area contributed by atoms with Crippen LogP contribution in [0.25, 0.3) is 10.9 Å². The molecule has 2 aromatic rings. The first-order chi connectivity index (χ1) is 11.0. The first-order valence-electron chi connectivity index (χ1n) is 7.07. The molecule has 0 radical (unpaired) electrons. The molecule has 124 valence electrons. The lowest BCUT2D eigenvalue weighted by atomic mass is 10.2. The summed E-state index contributed by atoms with van der Waals surface area (Å²) in [4.78, 5) is 15.2. The minimum absolute atomic E-state index is 0.186. The molecule has 9 heteroatoms. The number of rotatable bonds is 7. The van der Waals surface area contributed by atoms with Gasteiger partial charge >= 0.3 is 5.97 Å². The van der Waals surface area contributed by atoms with Gasteiger partial charge in [0.2, 0.25) is 5.28 Å². The van der Waals surface area contributed by atoms with Crippen LogP contribution in [-0.4, -0.2) is 33.6 Å². The second-order valence-electron chi connectivity index (χ2n) is 5.16. The predicted molar refractivity (Wildman–Crippen MR) is 80.8 cm³/mol. The lowest BCUT2D eigenvalue weighted by molar-refractivity contribution is -0.620. The van der Waals surface area contributed by atoms with Crippen LogP contribution in [0.3, 0.4) is 0 Å². The number of nitrogens with zero attached hydrogens (tertiary/aromatic N) is 4. The second kappa shape index (κ2) is 7.43. The SMILES string of the molecule is CC(=O)OCO/N=[N+](\[O-])N[C@@H](C)Cn1ncc2ccc(C)cc21. The Hall–Kier alpha value is -2.84. The quantitative estimate of drug-likeness (QED) is 0.208. The van der Waals surface area contributed by atoms with E-state index in [-0.39, 0.29) is 11.0 Å². The van der Waals surface area contributed by atoms with Crippen molar-refractivity contribution < 1.29 is 19.3 Å². The van der Waals surface area contributed by atoms with E-state index in [1.807, 2.05) is 36.7 Å². The first-order valence-corrected chi connectivity index (χ1v) is 7.07. The Kier molecular flexibility index (Phi) is 5.34. The highest BCUT2D eigenvalue weighted by molar-refractivity contribution is 5.79. The molecule has 0 bridgehead atoms. The van der Waals surface area contributed by atoms with Gasteiger partial charge in [-0.15, -0.1) is 0 Å². The van der Waals surface area contributed by atoms with Gasteiger partial charge in [-0.05, 0) is 25.5 Å².